The second-order valence-corrected chi connectivity index (χ2v) is 7.08. The van der Waals surface area contributed by atoms with Crippen molar-refractivity contribution in [3.05, 3.63) is 47.5 Å². The number of hydrogen-bond acceptors (Lipinski definition) is 2. The number of imide groups is 1. The molecule has 116 valence electrons. The zero-order valence-corrected chi connectivity index (χ0v) is 13.7. The third-order valence-electron chi connectivity index (χ3n) is 5.61. The first kappa shape index (κ1) is 15.0. The van der Waals surface area contributed by atoms with E-state index in [9.17, 15) is 9.59 Å². The summed E-state index contributed by atoms with van der Waals surface area (Å²) in [5.74, 6) is 0.368. The van der Waals surface area contributed by atoms with Gasteiger partial charge < -0.3 is 0 Å². The molecule has 0 bridgehead atoms. The van der Waals surface area contributed by atoms with E-state index in [2.05, 4.69) is 39.8 Å². The highest BCUT2D eigenvalue weighted by atomic mass is 16.2. The van der Waals surface area contributed by atoms with Crippen molar-refractivity contribution in [2.45, 2.75) is 40.2 Å². The Hall–Kier alpha value is -1.90. The number of benzene rings is 1. The van der Waals surface area contributed by atoms with Crippen LogP contribution in [0.15, 0.2) is 36.4 Å². The number of rotatable bonds is 3. The van der Waals surface area contributed by atoms with E-state index in [1.165, 1.54) is 22.6 Å². The molecule has 2 amide bonds. The average Bonchev–Trinajstić information content (AvgIpc) is 2.97. The highest BCUT2D eigenvalue weighted by molar-refractivity contribution is 6.13. The maximum absolute atomic E-state index is 12.3. The molecule has 0 fully saturated rings. The first-order valence-corrected chi connectivity index (χ1v) is 8.02. The van der Waals surface area contributed by atoms with E-state index in [-0.39, 0.29) is 23.3 Å². The number of hydrogen-bond donors (Lipinski definition) is 0. The summed E-state index contributed by atoms with van der Waals surface area (Å²) in [6.45, 7) is 8.82. The van der Waals surface area contributed by atoms with Crippen molar-refractivity contribution in [3.8, 4) is 0 Å². The van der Waals surface area contributed by atoms with Crippen LogP contribution < -0.4 is 0 Å². The van der Waals surface area contributed by atoms with Crippen molar-refractivity contribution >= 4 is 11.8 Å². The van der Waals surface area contributed by atoms with Crippen molar-refractivity contribution in [2.24, 2.45) is 17.3 Å². The number of amides is 2. The van der Waals surface area contributed by atoms with E-state index in [0.717, 1.165) is 12.0 Å². The lowest BCUT2D eigenvalue weighted by Crippen LogP contribution is -2.47. The summed E-state index contributed by atoms with van der Waals surface area (Å²) in [5.41, 5.74) is 2.29. The lowest BCUT2D eigenvalue weighted by atomic mass is 9.64. The molecule has 0 saturated carbocycles. The van der Waals surface area contributed by atoms with Gasteiger partial charge in [-0.15, -0.1) is 0 Å². The Kier molecular flexibility index (Phi) is 3.47. The van der Waals surface area contributed by atoms with Gasteiger partial charge in [0.25, 0.3) is 11.8 Å². The van der Waals surface area contributed by atoms with Gasteiger partial charge in [-0.3, -0.25) is 14.5 Å². The first-order valence-electron chi connectivity index (χ1n) is 8.02. The van der Waals surface area contributed by atoms with E-state index in [4.69, 9.17) is 0 Å². The van der Waals surface area contributed by atoms with E-state index < -0.39 is 0 Å². The summed E-state index contributed by atoms with van der Waals surface area (Å²) in [6, 6.07) is 8.08. The summed E-state index contributed by atoms with van der Waals surface area (Å²) < 4.78 is 0. The normalized spacial score (nSPS) is 23.0. The molecule has 3 heteroatoms. The minimum absolute atomic E-state index is 0.110. The molecular weight excluding hydrogens is 274 g/mol. The number of carbonyl (C=O) groups excluding carboxylic acids is 2. The molecular formula is C19H23NO2. The monoisotopic (exact) mass is 297 g/mol. The highest BCUT2D eigenvalue weighted by Gasteiger charge is 2.55. The van der Waals surface area contributed by atoms with Crippen LogP contribution in [0.1, 0.15) is 44.9 Å². The molecule has 0 spiro atoms. The van der Waals surface area contributed by atoms with Gasteiger partial charge in [0.1, 0.15) is 0 Å². The molecule has 22 heavy (non-hydrogen) atoms. The summed E-state index contributed by atoms with van der Waals surface area (Å²) >= 11 is 0. The van der Waals surface area contributed by atoms with Crippen LogP contribution in [-0.2, 0) is 16.0 Å². The number of carbonyl (C=O) groups is 2. The van der Waals surface area contributed by atoms with Gasteiger partial charge in [0.2, 0.25) is 0 Å². The molecule has 1 aliphatic carbocycles. The molecule has 1 heterocycles. The van der Waals surface area contributed by atoms with Crippen molar-refractivity contribution < 1.29 is 9.59 Å². The molecule has 1 aromatic carbocycles. The van der Waals surface area contributed by atoms with Gasteiger partial charge >= 0.3 is 0 Å². The SMILES string of the molecule is CC(C)C1(C(C)C)Cc2ccccc2[C@H]1N1C(=O)C=CC1=O. The fourth-order valence-corrected chi connectivity index (χ4v) is 4.43. The molecule has 0 unspecified atom stereocenters. The zero-order valence-electron chi connectivity index (χ0n) is 13.7. The Morgan fingerprint density at radius 1 is 1.00 bits per heavy atom. The topological polar surface area (TPSA) is 37.4 Å². The fraction of sp³-hybridized carbons (Fsp3) is 0.474. The van der Waals surface area contributed by atoms with Crippen LogP contribution in [0.4, 0.5) is 0 Å². The lowest BCUT2D eigenvalue weighted by molar-refractivity contribution is -0.145. The van der Waals surface area contributed by atoms with Crippen LogP contribution in [0, 0.1) is 17.3 Å². The smallest absolute Gasteiger partial charge is 0.254 e. The van der Waals surface area contributed by atoms with Crippen molar-refractivity contribution in [1.29, 1.82) is 0 Å². The van der Waals surface area contributed by atoms with Crippen LogP contribution >= 0.6 is 0 Å². The predicted octanol–water partition coefficient (Wildman–Crippen LogP) is 3.51. The highest BCUT2D eigenvalue weighted by Crippen LogP contribution is 2.57. The predicted molar refractivity (Wildman–Crippen MR) is 86.0 cm³/mol. The third-order valence-corrected chi connectivity index (χ3v) is 5.61. The lowest BCUT2D eigenvalue weighted by Gasteiger charge is -2.46. The molecule has 3 nitrogen and oxygen atoms in total. The molecule has 0 saturated heterocycles. The Morgan fingerprint density at radius 2 is 1.55 bits per heavy atom. The minimum atomic E-state index is -0.183. The molecule has 0 aromatic heterocycles. The van der Waals surface area contributed by atoms with E-state index >= 15 is 0 Å². The molecule has 1 atom stereocenters. The van der Waals surface area contributed by atoms with Crippen molar-refractivity contribution in [1.82, 2.24) is 4.90 Å². The average molecular weight is 297 g/mol. The molecule has 1 aromatic rings. The quantitative estimate of drug-likeness (QED) is 0.801. The standard InChI is InChI=1S/C19H23NO2/c1-12(2)19(13(3)4)11-14-7-5-6-8-15(14)18(19)20-16(21)9-10-17(20)22/h5-10,12-13,18H,11H2,1-4H3/t18-/m1/s1. The van der Waals surface area contributed by atoms with Gasteiger partial charge in [0, 0.05) is 17.6 Å². The van der Waals surface area contributed by atoms with Crippen LogP contribution in [0.2, 0.25) is 0 Å². The minimum Gasteiger partial charge on any atom is -0.269 e. The van der Waals surface area contributed by atoms with E-state index in [1.54, 1.807) is 0 Å². The zero-order chi connectivity index (χ0) is 16.1. The molecule has 0 N–H and O–H groups in total. The van der Waals surface area contributed by atoms with Gasteiger partial charge in [-0.2, -0.15) is 0 Å². The van der Waals surface area contributed by atoms with Crippen molar-refractivity contribution in [3.63, 3.8) is 0 Å². The van der Waals surface area contributed by atoms with E-state index in [1.807, 2.05) is 12.1 Å². The maximum Gasteiger partial charge on any atom is 0.254 e. The van der Waals surface area contributed by atoms with Crippen LogP contribution in [-0.4, -0.2) is 16.7 Å². The van der Waals surface area contributed by atoms with Gasteiger partial charge in [-0.05, 0) is 29.4 Å². The molecule has 1 aliphatic heterocycles. The summed E-state index contributed by atoms with van der Waals surface area (Å²) in [5, 5.41) is 0. The largest absolute Gasteiger partial charge is 0.269 e. The van der Waals surface area contributed by atoms with Gasteiger partial charge in [-0.25, -0.2) is 0 Å². The molecule has 2 aliphatic rings. The fourth-order valence-electron chi connectivity index (χ4n) is 4.43. The number of fused-ring (bicyclic) bond motifs is 1. The van der Waals surface area contributed by atoms with Crippen LogP contribution in [0.5, 0.6) is 0 Å². The second kappa shape index (κ2) is 5.08. The molecule has 0 radical (unpaired) electrons. The van der Waals surface area contributed by atoms with Crippen LogP contribution in [0.3, 0.4) is 0 Å². The van der Waals surface area contributed by atoms with Gasteiger partial charge in [0.15, 0.2) is 0 Å². The Morgan fingerprint density at radius 3 is 2.09 bits per heavy atom. The second-order valence-electron chi connectivity index (χ2n) is 7.08. The Bertz CT molecular complexity index is 631. The summed E-state index contributed by atoms with van der Waals surface area (Å²) in [7, 11) is 0. The molecule has 3 rings (SSSR count). The number of nitrogens with zero attached hydrogens (tertiary/aromatic N) is 1. The van der Waals surface area contributed by atoms with Gasteiger partial charge in [-0.1, -0.05) is 52.0 Å². The van der Waals surface area contributed by atoms with Gasteiger partial charge in [0.05, 0.1) is 6.04 Å². The summed E-state index contributed by atoms with van der Waals surface area (Å²) in [4.78, 5) is 26.1. The van der Waals surface area contributed by atoms with Crippen LogP contribution in [0.25, 0.3) is 0 Å². The van der Waals surface area contributed by atoms with E-state index in [0.29, 0.717) is 11.8 Å². The third kappa shape index (κ3) is 1.88. The summed E-state index contributed by atoms with van der Waals surface area (Å²) in [6.07, 6.45) is 3.71. The Balaban J connectivity index is 2.20. The first-order chi connectivity index (χ1) is 10.4. The Labute approximate surface area is 132 Å². The van der Waals surface area contributed by atoms with Crippen molar-refractivity contribution in [2.75, 3.05) is 0 Å². The maximum atomic E-state index is 12.3.